The standard InChI is InChI=1S/C10H10FNO/c1-12-4-2-3-8-5-9(11)7-10(13)6-8/h5-7,12-13H,4H2,1H3. The lowest BCUT2D eigenvalue weighted by atomic mass is 10.2. The van der Waals surface area contributed by atoms with Crippen LogP contribution >= 0.6 is 0 Å². The topological polar surface area (TPSA) is 32.3 Å². The summed E-state index contributed by atoms with van der Waals surface area (Å²) in [5.74, 6) is 4.90. The van der Waals surface area contributed by atoms with Gasteiger partial charge in [-0.2, -0.15) is 0 Å². The molecule has 0 spiro atoms. The number of benzene rings is 1. The van der Waals surface area contributed by atoms with Crippen LogP contribution in [-0.4, -0.2) is 18.7 Å². The maximum Gasteiger partial charge on any atom is 0.128 e. The SMILES string of the molecule is CNCC#Cc1cc(O)cc(F)c1. The molecule has 0 fully saturated rings. The molecule has 0 heterocycles. The van der Waals surface area contributed by atoms with E-state index in [1.54, 1.807) is 7.05 Å². The van der Waals surface area contributed by atoms with Crippen LogP contribution < -0.4 is 5.32 Å². The second-order valence-corrected chi connectivity index (χ2v) is 2.53. The maximum atomic E-state index is 12.7. The number of hydrogen-bond acceptors (Lipinski definition) is 2. The van der Waals surface area contributed by atoms with Gasteiger partial charge in [0.2, 0.25) is 0 Å². The second kappa shape index (κ2) is 4.48. The number of rotatable bonds is 1. The summed E-state index contributed by atoms with van der Waals surface area (Å²) in [4.78, 5) is 0. The van der Waals surface area contributed by atoms with Gasteiger partial charge in [0, 0.05) is 11.6 Å². The molecule has 13 heavy (non-hydrogen) atoms. The molecule has 0 saturated heterocycles. The van der Waals surface area contributed by atoms with Crippen molar-refractivity contribution in [3.05, 3.63) is 29.6 Å². The van der Waals surface area contributed by atoms with Crippen LogP contribution in [0.3, 0.4) is 0 Å². The highest BCUT2D eigenvalue weighted by Crippen LogP contribution is 2.13. The fourth-order valence-corrected chi connectivity index (χ4v) is 0.881. The molecular weight excluding hydrogens is 169 g/mol. The van der Waals surface area contributed by atoms with E-state index in [2.05, 4.69) is 17.2 Å². The third-order valence-electron chi connectivity index (χ3n) is 1.38. The minimum atomic E-state index is -0.478. The molecule has 0 bridgehead atoms. The maximum absolute atomic E-state index is 12.7. The Hall–Kier alpha value is -1.53. The lowest BCUT2D eigenvalue weighted by Gasteiger charge is -1.93. The summed E-state index contributed by atoms with van der Waals surface area (Å²) in [6.07, 6.45) is 0. The average molecular weight is 179 g/mol. The molecule has 2 N–H and O–H groups in total. The van der Waals surface area contributed by atoms with Crippen LogP contribution in [0.25, 0.3) is 0 Å². The Balaban J connectivity index is 2.85. The van der Waals surface area contributed by atoms with Crippen molar-refractivity contribution in [1.82, 2.24) is 5.32 Å². The molecule has 0 aliphatic heterocycles. The van der Waals surface area contributed by atoms with E-state index in [4.69, 9.17) is 5.11 Å². The highest BCUT2D eigenvalue weighted by molar-refractivity contribution is 5.39. The van der Waals surface area contributed by atoms with Crippen LogP contribution in [-0.2, 0) is 0 Å². The van der Waals surface area contributed by atoms with Crippen molar-refractivity contribution in [3.8, 4) is 17.6 Å². The third-order valence-corrected chi connectivity index (χ3v) is 1.38. The summed E-state index contributed by atoms with van der Waals surface area (Å²) in [7, 11) is 1.78. The quantitative estimate of drug-likeness (QED) is 0.633. The van der Waals surface area contributed by atoms with Gasteiger partial charge in [0.05, 0.1) is 6.54 Å². The monoisotopic (exact) mass is 179 g/mol. The van der Waals surface area contributed by atoms with Crippen molar-refractivity contribution >= 4 is 0 Å². The number of hydrogen-bond donors (Lipinski definition) is 2. The molecular formula is C10H10FNO. The number of aromatic hydroxyl groups is 1. The van der Waals surface area contributed by atoms with Crippen molar-refractivity contribution in [3.63, 3.8) is 0 Å². The van der Waals surface area contributed by atoms with E-state index >= 15 is 0 Å². The van der Waals surface area contributed by atoms with Gasteiger partial charge in [-0.1, -0.05) is 11.8 Å². The zero-order chi connectivity index (χ0) is 9.68. The fraction of sp³-hybridized carbons (Fsp3) is 0.200. The molecule has 68 valence electrons. The highest BCUT2D eigenvalue weighted by Gasteiger charge is 1.95. The summed E-state index contributed by atoms with van der Waals surface area (Å²) in [5, 5.41) is 11.9. The van der Waals surface area contributed by atoms with Crippen molar-refractivity contribution in [2.24, 2.45) is 0 Å². The van der Waals surface area contributed by atoms with Crippen LogP contribution in [0.4, 0.5) is 4.39 Å². The number of halogens is 1. The lowest BCUT2D eigenvalue weighted by Crippen LogP contribution is -2.04. The first kappa shape index (κ1) is 9.56. The smallest absolute Gasteiger partial charge is 0.128 e. The van der Waals surface area contributed by atoms with Crippen LogP contribution in [0, 0.1) is 17.7 Å². The zero-order valence-electron chi connectivity index (χ0n) is 7.26. The van der Waals surface area contributed by atoms with Gasteiger partial charge < -0.3 is 10.4 Å². The summed E-state index contributed by atoms with van der Waals surface area (Å²) in [6, 6.07) is 3.75. The Morgan fingerprint density at radius 3 is 2.85 bits per heavy atom. The molecule has 0 aliphatic carbocycles. The molecule has 1 rings (SSSR count). The molecule has 1 aromatic rings. The Labute approximate surface area is 76.4 Å². The molecule has 0 radical (unpaired) electrons. The van der Waals surface area contributed by atoms with Crippen LogP contribution in [0.5, 0.6) is 5.75 Å². The molecule has 2 nitrogen and oxygen atoms in total. The van der Waals surface area contributed by atoms with Gasteiger partial charge in [-0.25, -0.2) is 4.39 Å². The van der Waals surface area contributed by atoms with E-state index in [0.29, 0.717) is 12.1 Å². The summed E-state index contributed by atoms with van der Waals surface area (Å²) in [5.41, 5.74) is 0.479. The van der Waals surface area contributed by atoms with E-state index < -0.39 is 5.82 Å². The minimum Gasteiger partial charge on any atom is -0.508 e. The molecule has 0 aliphatic rings. The van der Waals surface area contributed by atoms with E-state index in [0.717, 1.165) is 6.07 Å². The largest absolute Gasteiger partial charge is 0.508 e. The second-order valence-electron chi connectivity index (χ2n) is 2.53. The van der Waals surface area contributed by atoms with E-state index in [-0.39, 0.29) is 5.75 Å². The predicted molar refractivity (Wildman–Crippen MR) is 48.9 cm³/mol. The van der Waals surface area contributed by atoms with Gasteiger partial charge >= 0.3 is 0 Å². The minimum absolute atomic E-state index is 0.103. The first-order chi connectivity index (χ1) is 6.22. The molecule has 0 atom stereocenters. The van der Waals surface area contributed by atoms with Crippen LogP contribution in [0.2, 0.25) is 0 Å². The molecule has 0 unspecified atom stereocenters. The highest BCUT2D eigenvalue weighted by atomic mass is 19.1. The molecule has 3 heteroatoms. The van der Waals surface area contributed by atoms with Crippen LogP contribution in [0.1, 0.15) is 5.56 Å². The van der Waals surface area contributed by atoms with Gasteiger partial charge in [-0.05, 0) is 19.2 Å². The molecule has 0 amide bonds. The van der Waals surface area contributed by atoms with Gasteiger partial charge in [-0.15, -0.1) is 0 Å². The summed E-state index contributed by atoms with van der Waals surface area (Å²) < 4.78 is 12.7. The number of nitrogens with one attached hydrogen (secondary N) is 1. The third kappa shape index (κ3) is 3.14. The number of phenolic OH excluding ortho intramolecular Hbond substituents is 1. The van der Waals surface area contributed by atoms with Crippen LogP contribution in [0.15, 0.2) is 18.2 Å². The van der Waals surface area contributed by atoms with Crippen molar-refractivity contribution < 1.29 is 9.50 Å². The van der Waals surface area contributed by atoms with E-state index in [9.17, 15) is 4.39 Å². The van der Waals surface area contributed by atoms with Gasteiger partial charge in [0.25, 0.3) is 0 Å². The summed E-state index contributed by atoms with van der Waals surface area (Å²) >= 11 is 0. The summed E-state index contributed by atoms with van der Waals surface area (Å²) in [6.45, 7) is 0.539. The molecule has 0 aromatic heterocycles. The first-order valence-corrected chi connectivity index (χ1v) is 3.85. The van der Waals surface area contributed by atoms with E-state index in [1.165, 1.54) is 12.1 Å². The van der Waals surface area contributed by atoms with Gasteiger partial charge in [0.1, 0.15) is 11.6 Å². The van der Waals surface area contributed by atoms with Gasteiger partial charge in [-0.3, -0.25) is 0 Å². The predicted octanol–water partition coefficient (Wildman–Crippen LogP) is 1.10. The Kier molecular flexibility index (Phi) is 3.30. The average Bonchev–Trinajstić information content (AvgIpc) is 2.03. The number of phenols is 1. The Morgan fingerprint density at radius 1 is 1.46 bits per heavy atom. The van der Waals surface area contributed by atoms with Crippen molar-refractivity contribution in [2.75, 3.05) is 13.6 Å². The first-order valence-electron chi connectivity index (χ1n) is 3.85. The Morgan fingerprint density at radius 2 is 2.23 bits per heavy atom. The normalized spacial score (nSPS) is 9.08. The van der Waals surface area contributed by atoms with Crippen molar-refractivity contribution in [2.45, 2.75) is 0 Å². The van der Waals surface area contributed by atoms with Crippen molar-refractivity contribution in [1.29, 1.82) is 0 Å². The fourth-order valence-electron chi connectivity index (χ4n) is 0.881. The zero-order valence-corrected chi connectivity index (χ0v) is 7.26. The lowest BCUT2D eigenvalue weighted by molar-refractivity contribution is 0.469. The molecule has 1 aromatic carbocycles. The molecule has 0 saturated carbocycles. The van der Waals surface area contributed by atoms with E-state index in [1.807, 2.05) is 0 Å². The van der Waals surface area contributed by atoms with Gasteiger partial charge in [0.15, 0.2) is 0 Å². The Bertz CT molecular complexity index is 331.